The van der Waals surface area contributed by atoms with Crippen LogP contribution in [0, 0.1) is 11.8 Å². The van der Waals surface area contributed by atoms with Crippen LogP contribution in [0.1, 0.15) is 64.2 Å². The standard InChI is InChI=1S/C15H25NO/c1-3-7-13(8-4-1)15(11-17-12-16-15)14-9-5-2-6-10-14/h12-14H,1-11H2. The molecule has 0 aromatic rings. The van der Waals surface area contributed by atoms with Gasteiger partial charge in [-0.2, -0.15) is 0 Å². The fourth-order valence-corrected chi connectivity index (χ4v) is 4.33. The Bertz CT molecular complexity index is 257. The predicted octanol–water partition coefficient (Wildman–Crippen LogP) is 3.94. The zero-order valence-corrected chi connectivity index (χ0v) is 10.9. The van der Waals surface area contributed by atoms with Crippen molar-refractivity contribution < 1.29 is 4.74 Å². The summed E-state index contributed by atoms with van der Waals surface area (Å²) < 4.78 is 5.58. The Hall–Kier alpha value is -0.530. The molecule has 2 nitrogen and oxygen atoms in total. The van der Waals surface area contributed by atoms with E-state index < -0.39 is 0 Å². The van der Waals surface area contributed by atoms with Crippen LogP contribution in [-0.2, 0) is 4.74 Å². The van der Waals surface area contributed by atoms with Gasteiger partial charge in [-0.3, -0.25) is 0 Å². The molecule has 1 aliphatic heterocycles. The van der Waals surface area contributed by atoms with Gasteiger partial charge in [0.15, 0.2) is 6.40 Å². The van der Waals surface area contributed by atoms with Crippen LogP contribution in [0.5, 0.6) is 0 Å². The molecule has 0 N–H and O–H groups in total. The van der Waals surface area contributed by atoms with Gasteiger partial charge in [-0.1, -0.05) is 38.5 Å². The van der Waals surface area contributed by atoms with Crippen molar-refractivity contribution in [2.24, 2.45) is 16.8 Å². The Balaban J connectivity index is 1.78. The van der Waals surface area contributed by atoms with E-state index in [2.05, 4.69) is 0 Å². The molecule has 0 amide bonds. The van der Waals surface area contributed by atoms with Crippen molar-refractivity contribution in [3.63, 3.8) is 0 Å². The third-order valence-corrected chi connectivity index (χ3v) is 5.31. The highest BCUT2D eigenvalue weighted by molar-refractivity contribution is 5.51. The monoisotopic (exact) mass is 235 g/mol. The quantitative estimate of drug-likeness (QED) is 0.710. The topological polar surface area (TPSA) is 21.6 Å². The molecule has 0 saturated heterocycles. The van der Waals surface area contributed by atoms with Crippen molar-refractivity contribution in [1.82, 2.24) is 0 Å². The lowest BCUT2D eigenvalue weighted by atomic mass is 9.65. The Kier molecular flexibility index (Phi) is 3.39. The van der Waals surface area contributed by atoms with Gasteiger partial charge in [-0.15, -0.1) is 0 Å². The van der Waals surface area contributed by atoms with E-state index in [0.717, 1.165) is 18.4 Å². The number of nitrogens with zero attached hydrogens (tertiary/aromatic N) is 1. The van der Waals surface area contributed by atoms with Crippen LogP contribution in [0.15, 0.2) is 4.99 Å². The molecule has 2 aliphatic carbocycles. The second-order valence-corrected chi connectivity index (χ2v) is 6.21. The Morgan fingerprint density at radius 2 is 1.35 bits per heavy atom. The molecule has 0 radical (unpaired) electrons. The van der Waals surface area contributed by atoms with Crippen LogP contribution in [0.25, 0.3) is 0 Å². The largest absolute Gasteiger partial charge is 0.481 e. The lowest BCUT2D eigenvalue weighted by Crippen LogP contribution is -2.46. The smallest absolute Gasteiger partial charge is 0.170 e. The highest BCUT2D eigenvalue weighted by Crippen LogP contribution is 2.46. The first-order valence-electron chi connectivity index (χ1n) is 7.57. The van der Waals surface area contributed by atoms with Gasteiger partial charge in [0, 0.05) is 0 Å². The van der Waals surface area contributed by atoms with Crippen LogP contribution in [-0.4, -0.2) is 18.5 Å². The van der Waals surface area contributed by atoms with Gasteiger partial charge < -0.3 is 4.74 Å². The van der Waals surface area contributed by atoms with Crippen molar-refractivity contribution in [1.29, 1.82) is 0 Å². The number of rotatable bonds is 2. The Labute approximate surface area is 105 Å². The van der Waals surface area contributed by atoms with Crippen molar-refractivity contribution in [3.05, 3.63) is 0 Å². The molecule has 0 spiro atoms. The normalized spacial score (nSPS) is 30.4. The van der Waals surface area contributed by atoms with Gasteiger partial charge in [0.1, 0.15) is 12.1 Å². The molecule has 2 fully saturated rings. The van der Waals surface area contributed by atoms with E-state index in [0.29, 0.717) is 0 Å². The van der Waals surface area contributed by atoms with Gasteiger partial charge in [-0.25, -0.2) is 4.99 Å². The molecule has 2 saturated carbocycles. The average Bonchev–Trinajstić information content (AvgIpc) is 2.91. The van der Waals surface area contributed by atoms with Gasteiger partial charge in [0.25, 0.3) is 0 Å². The molecule has 17 heavy (non-hydrogen) atoms. The number of aliphatic imine (C=N–C) groups is 1. The number of hydrogen-bond donors (Lipinski definition) is 0. The molecule has 0 unspecified atom stereocenters. The first-order valence-corrected chi connectivity index (χ1v) is 7.57. The molecule has 3 aliphatic rings. The average molecular weight is 235 g/mol. The van der Waals surface area contributed by atoms with Gasteiger partial charge in [0.2, 0.25) is 0 Å². The minimum Gasteiger partial charge on any atom is -0.481 e. The van der Waals surface area contributed by atoms with Crippen LogP contribution < -0.4 is 0 Å². The van der Waals surface area contributed by atoms with E-state index >= 15 is 0 Å². The molecule has 3 rings (SSSR count). The number of hydrogen-bond acceptors (Lipinski definition) is 2. The SMILES string of the molecule is C1=NC(C2CCCCC2)(C2CCCCC2)CO1. The summed E-state index contributed by atoms with van der Waals surface area (Å²) >= 11 is 0. The highest BCUT2D eigenvalue weighted by atomic mass is 16.5. The fraction of sp³-hybridized carbons (Fsp3) is 0.933. The second-order valence-electron chi connectivity index (χ2n) is 6.21. The highest BCUT2D eigenvalue weighted by Gasteiger charge is 2.47. The van der Waals surface area contributed by atoms with E-state index in [9.17, 15) is 0 Å². The van der Waals surface area contributed by atoms with E-state index in [1.54, 1.807) is 6.40 Å². The summed E-state index contributed by atoms with van der Waals surface area (Å²) in [7, 11) is 0. The first kappa shape index (κ1) is 11.6. The summed E-state index contributed by atoms with van der Waals surface area (Å²) in [5.74, 6) is 1.61. The third kappa shape index (κ3) is 2.11. The minimum atomic E-state index is 0.181. The second kappa shape index (κ2) is 4.99. The third-order valence-electron chi connectivity index (χ3n) is 5.31. The molecule has 1 heterocycles. The van der Waals surface area contributed by atoms with Crippen molar-refractivity contribution in [2.45, 2.75) is 69.7 Å². The molecule has 2 heteroatoms. The number of ether oxygens (including phenoxy) is 1. The van der Waals surface area contributed by atoms with Crippen LogP contribution in [0.4, 0.5) is 0 Å². The van der Waals surface area contributed by atoms with Crippen LogP contribution >= 0.6 is 0 Å². The van der Waals surface area contributed by atoms with E-state index in [1.165, 1.54) is 64.2 Å². The summed E-state index contributed by atoms with van der Waals surface area (Å²) in [4.78, 5) is 4.87. The minimum absolute atomic E-state index is 0.181. The van der Waals surface area contributed by atoms with Gasteiger partial charge in [-0.05, 0) is 37.5 Å². The lowest BCUT2D eigenvalue weighted by Gasteiger charge is -2.43. The molecule has 0 aromatic carbocycles. The summed E-state index contributed by atoms with van der Waals surface area (Å²) in [6.45, 7) is 0.877. The molecular formula is C15H25NO. The maximum atomic E-state index is 5.58. The fourth-order valence-electron chi connectivity index (χ4n) is 4.33. The van der Waals surface area contributed by atoms with E-state index in [1.807, 2.05) is 0 Å². The first-order chi connectivity index (χ1) is 8.42. The zero-order chi connectivity index (χ0) is 11.6. The van der Waals surface area contributed by atoms with Crippen molar-refractivity contribution >= 4 is 6.40 Å². The molecule has 0 aromatic heterocycles. The Morgan fingerprint density at radius 1 is 0.824 bits per heavy atom. The maximum Gasteiger partial charge on any atom is 0.170 e. The summed E-state index contributed by atoms with van der Waals surface area (Å²) in [5.41, 5.74) is 0.181. The van der Waals surface area contributed by atoms with Crippen LogP contribution in [0.2, 0.25) is 0 Å². The summed E-state index contributed by atoms with van der Waals surface area (Å²) in [6.07, 6.45) is 15.8. The summed E-state index contributed by atoms with van der Waals surface area (Å²) in [6, 6.07) is 0. The van der Waals surface area contributed by atoms with E-state index in [-0.39, 0.29) is 5.54 Å². The maximum absolute atomic E-state index is 5.58. The van der Waals surface area contributed by atoms with E-state index in [4.69, 9.17) is 9.73 Å². The summed E-state index contributed by atoms with van der Waals surface area (Å²) in [5, 5.41) is 0. The lowest BCUT2D eigenvalue weighted by molar-refractivity contribution is 0.0790. The van der Waals surface area contributed by atoms with Crippen LogP contribution in [0.3, 0.4) is 0 Å². The van der Waals surface area contributed by atoms with Gasteiger partial charge >= 0.3 is 0 Å². The predicted molar refractivity (Wildman–Crippen MR) is 70.3 cm³/mol. The molecule has 0 bridgehead atoms. The van der Waals surface area contributed by atoms with Gasteiger partial charge in [0.05, 0.1) is 0 Å². The Morgan fingerprint density at radius 3 is 1.76 bits per heavy atom. The molecule has 0 atom stereocenters. The van der Waals surface area contributed by atoms with Crippen molar-refractivity contribution in [2.75, 3.05) is 6.61 Å². The van der Waals surface area contributed by atoms with Crippen molar-refractivity contribution in [3.8, 4) is 0 Å². The molecular weight excluding hydrogens is 210 g/mol. The zero-order valence-electron chi connectivity index (χ0n) is 10.9. The molecule has 96 valence electrons.